The summed E-state index contributed by atoms with van der Waals surface area (Å²) >= 11 is 0. The fourth-order valence-electron chi connectivity index (χ4n) is 2.64. The largest absolute Gasteiger partial charge is 0.481 e. The zero-order valence-corrected chi connectivity index (χ0v) is 15.4. The maximum atomic E-state index is 12.2. The predicted octanol–water partition coefficient (Wildman–Crippen LogP) is 4.81. The highest BCUT2D eigenvalue weighted by Gasteiger charge is 2.14. The van der Waals surface area contributed by atoms with E-state index >= 15 is 0 Å². The van der Waals surface area contributed by atoms with E-state index in [0.29, 0.717) is 5.75 Å². The third kappa shape index (κ3) is 5.28. The number of carbonyl (C=O) groups is 1. The summed E-state index contributed by atoms with van der Waals surface area (Å²) in [6, 6.07) is 23.7. The van der Waals surface area contributed by atoms with Crippen LogP contribution in [0.1, 0.15) is 19.4 Å². The van der Waals surface area contributed by atoms with E-state index in [4.69, 9.17) is 4.74 Å². The van der Waals surface area contributed by atoms with E-state index in [1.807, 2.05) is 85.8 Å². The van der Waals surface area contributed by atoms with E-state index in [9.17, 15) is 4.79 Å². The first-order valence-corrected chi connectivity index (χ1v) is 8.83. The van der Waals surface area contributed by atoms with Crippen LogP contribution in [0.25, 0.3) is 16.8 Å². The molecule has 0 aliphatic rings. The molecule has 1 atom stereocenters. The van der Waals surface area contributed by atoms with Crippen LogP contribution >= 0.6 is 0 Å². The molecule has 0 bridgehead atoms. The van der Waals surface area contributed by atoms with Gasteiger partial charge in [-0.2, -0.15) is 5.10 Å². The Balaban J connectivity index is 1.56. The number of allylic oxidation sites excluding steroid dienone is 1. The summed E-state index contributed by atoms with van der Waals surface area (Å²) in [6.45, 7) is 3.63. The van der Waals surface area contributed by atoms with E-state index in [1.165, 1.54) is 0 Å². The molecule has 0 heterocycles. The number of nitrogens with one attached hydrogen (secondary N) is 1. The van der Waals surface area contributed by atoms with Crippen molar-refractivity contribution in [2.24, 2.45) is 5.10 Å². The van der Waals surface area contributed by atoms with E-state index in [1.54, 1.807) is 13.1 Å². The summed E-state index contributed by atoms with van der Waals surface area (Å²) in [6.07, 6.45) is 2.96. The van der Waals surface area contributed by atoms with E-state index in [-0.39, 0.29) is 5.91 Å². The Morgan fingerprint density at radius 3 is 2.48 bits per heavy atom. The van der Waals surface area contributed by atoms with Gasteiger partial charge in [-0.1, -0.05) is 66.7 Å². The monoisotopic (exact) mass is 358 g/mol. The highest BCUT2D eigenvalue weighted by molar-refractivity contribution is 5.87. The molecule has 4 nitrogen and oxygen atoms in total. The Kier molecular flexibility index (Phi) is 6.00. The van der Waals surface area contributed by atoms with E-state index in [2.05, 4.69) is 10.5 Å². The average Bonchev–Trinajstić information content (AvgIpc) is 2.68. The lowest BCUT2D eigenvalue weighted by atomic mass is 10.1. The van der Waals surface area contributed by atoms with Crippen LogP contribution in [0.5, 0.6) is 5.75 Å². The summed E-state index contributed by atoms with van der Waals surface area (Å²) in [5, 5.41) is 6.21. The summed E-state index contributed by atoms with van der Waals surface area (Å²) in [7, 11) is 0. The first kappa shape index (κ1) is 18.4. The van der Waals surface area contributed by atoms with Crippen molar-refractivity contribution < 1.29 is 9.53 Å². The van der Waals surface area contributed by atoms with Gasteiger partial charge >= 0.3 is 0 Å². The topological polar surface area (TPSA) is 50.7 Å². The molecule has 27 heavy (non-hydrogen) atoms. The number of nitrogens with zero attached hydrogens (tertiary/aromatic N) is 1. The number of carbonyl (C=O) groups excluding carboxylic acids is 1. The van der Waals surface area contributed by atoms with Crippen LogP contribution in [0.3, 0.4) is 0 Å². The number of ether oxygens (including phenoxy) is 1. The maximum absolute atomic E-state index is 12.2. The predicted molar refractivity (Wildman–Crippen MR) is 111 cm³/mol. The molecule has 0 saturated heterocycles. The van der Waals surface area contributed by atoms with Crippen molar-refractivity contribution in [3.05, 3.63) is 83.9 Å². The van der Waals surface area contributed by atoms with Crippen LogP contribution in [-0.2, 0) is 4.79 Å². The minimum Gasteiger partial charge on any atom is -0.481 e. The van der Waals surface area contributed by atoms with Gasteiger partial charge in [0, 0.05) is 0 Å². The first-order valence-electron chi connectivity index (χ1n) is 8.83. The van der Waals surface area contributed by atoms with Gasteiger partial charge in [-0.05, 0) is 47.9 Å². The summed E-state index contributed by atoms with van der Waals surface area (Å²) in [4.78, 5) is 12.2. The molecular formula is C23H22N2O2. The third-order valence-corrected chi connectivity index (χ3v) is 4.04. The van der Waals surface area contributed by atoms with Gasteiger partial charge < -0.3 is 4.74 Å². The van der Waals surface area contributed by atoms with Crippen LogP contribution in [0, 0.1) is 0 Å². The molecule has 0 radical (unpaired) electrons. The number of amides is 1. The Labute approximate surface area is 159 Å². The van der Waals surface area contributed by atoms with Crippen LogP contribution in [0.2, 0.25) is 0 Å². The maximum Gasteiger partial charge on any atom is 0.280 e. The molecule has 1 N–H and O–H groups in total. The van der Waals surface area contributed by atoms with Crippen molar-refractivity contribution in [3.63, 3.8) is 0 Å². The number of fused-ring (bicyclic) bond motifs is 1. The van der Waals surface area contributed by atoms with Gasteiger partial charge in [-0.25, -0.2) is 5.43 Å². The smallest absolute Gasteiger partial charge is 0.280 e. The highest BCUT2D eigenvalue weighted by Crippen LogP contribution is 2.21. The molecule has 1 amide bonds. The summed E-state index contributed by atoms with van der Waals surface area (Å²) in [5.41, 5.74) is 4.54. The number of benzene rings is 3. The molecule has 0 saturated carbocycles. The zero-order valence-electron chi connectivity index (χ0n) is 15.4. The Morgan fingerprint density at radius 2 is 1.70 bits per heavy atom. The highest BCUT2D eigenvalue weighted by atomic mass is 16.5. The normalized spacial score (nSPS) is 12.9. The van der Waals surface area contributed by atoms with Crippen molar-refractivity contribution >= 4 is 29.0 Å². The standard InChI is InChI=1S/C23H22N2O2/c1-17(14-19-8-4-3-5-9-19)16-24-25-23(26)18(2)27-22-13-12-20-10-6-7-11-21(20)15-22/h3-16,18H,1-2H3,(H,25,26)/b17-14-,24-16-/t18-/m0/s1. The molecule has 0 aromatic heterocycles. The van der Waals surface area contributed by atoms with E-state index < -0.39 is 6.10 Å². The van der Waals surface area contributed by atoms with Crippen LogP contribution in [0.15, 0.2) is 83.5 Å². The Morgan fingerprint density at radius 1 is 1.00 bits per heavy atom. The van der Waals surface area contributed by atoms with Crippen LogP contribution in [-0.4, -0.2) is 18.2 Å². The molecule has 3 rings (SSSR count). The van der Waals surface area contributed by atoms with E-state index in [0.717, 1.165) is 21.9 Å². The van der Waals surface area contributed by atoms with Crippen molar-refractivity contribution in [2.45, 2.75) is 20.0 Å². The van der Waals surface area contributed by atoms with Gasteiger partial charge in [0.1, 0.15) is 5.75 Å². The van der Waals surface area contributed by atoms with Gasteiger partial charge in [0.2, 0.25) is 0 Å². The second-order valence-electron chi connectivity index (χ2n) is 6.30. The molecule has 136 valence electrons. The first-order chi connectivity index (χ1) is 13.1. The lowest BCUT2D eigenvalue weighted by molar-refractivity contribution is -0.127. The second-order valence-corrected chi connectivity index (χ2v) is 6.30. The molecule has 0 aliphatic carbocycles. The molecule has 0 fully saturated rings. The number of hydrazone groups is 1. The number of hydrogen-bond donors (Lipinski definition) is 1. The van der Waals surface area contributed by atoms with Crippen molar-refractivity contribution in [1.82, 2.24) is 5.43 Å². The van der Waals surface area contributed by atoms with Gasteiger partial charge in [-0.3, -0.25) is 4.79 Å². The van der Waals surface area contributed by atoms with Crippen molar-refractivity contribution in [2.75, 3.05) is 0 Å². The van der Waals surface area contributed by atoms with Gasteiger partial charge in [0.15, 0.2) is 6.10 Å². The minimum atomic E-state index is -0.651. The average molecular weight is 358 g/mol. The molecule has 3 aromatic carbocycles. The van der Waals surface area contributed by atoms with Crippen LogP contribution in [0.4, 0.5) is 0 Å². The summed E-state index contributed by atoms with van der Waals surface area (Å²) < 4.78 is 5.74. The molecule has 0 unspecified atom stereocenters. The second kappa shape index (κ2) is 8.81. The van der Waals surface area contributed by atoms with Gasteiger partial charge in [-0.15, -0.1) is 0 Å². The Hall–Kier alpha value is -3.40. The molecule has 3 aromatic rings. The SMILES string of the molecule is CC(/C=N\NC(=O)[C@H](C)Oc1ccc2ccccc2c1)=C/c1ccccc1. The van der Waals surface area contributed by atoms with Crippen LogP contribution < -0.4 is 10.2 Å². The number of hydrogen-bond acceptors (Lipinski definition) is 3. The molecule has 0 aliphatic heterocycles. The molecule has 0 spiro atoms. The van der Waals surface area contributed by atoms with Gasteiger partial charge in [0.05, 0.1) is 6.21 Å². The lowest BCUT2D eigenvalue weighted by Crippen LogP contribution is -2.33. The quantitative estimate of drug-likeness (QED) is 0.508. The summed E-state index contributed by atoms with van der Waals surface area (Å²) in [5.74, 6) is 0.354. The minimum absolute atomic E-state index is 0.299. The fourth-order valence-corrected chi connectivity index (χ4v) is 2.64. The lowest BCUT2D eigenvalue weighted by Gasteiger charge is -2.13. The molecule has 4 heteroatoms. The third-order valence-electron chi connectivity index (χ3n) is 4.04. The fraction of sp³-hybridized carbons (Fsp3) is 0.130. The zero-order chi connectivity index (χ0) is 19.1. The van der Waals surface area contributed by atoms with Gasteiger partial charge in [0.25, 0.3) is 5.91 Å². The van der Waals surface area contributed by atoms with Crippen molar-refractivity contribution in [3.8, 4) is 5.75 Å². The Bertz CT molecular complexity index is 978. The molecular weight excluding hydrogens is 336 g/mol. The van der Waals surface area contributed by atoms with Crippen molar-refractivity contribution in [1.29, 1.82) is 0 Å². The number of rotatable bonds is 6.